The standard InChI is InChI=1S/C20H14ClN3O2/c1-26-20(25)18-11-16(14-7-9-15(21)10-8-14)22-19-12-17(23-24(18)19)13-5-3-2-4-6-13/h2-12H,1H3. The monoisotopic (exact) mass is 363 g/mol. The number of methoxy groups -OCH3 is 1. The van der Waals surface area contributed by atoms with Crippen molar-refractivity contribution in [2.75, 3.05) is 7.11 Å². The zero-order valence-electron chi connectivity index (χ0n) is 13.9. The van der Waals surface area contributed by atoms with Crippen molar-refractivity contribution in [2.45, 2.75) is 0 Å². The maximum Gasteiger partial charge on any atom is 0.356 e. The second-order valence-electron chi connectivity index (χ2n) is 5.69. The van der Waals surface area contributed by atoms with Crippen molar-refractivity contribution in [3.05, 3.63) is 77.4 Å². The van der Waals surface area contributed by atoms with E-state index >= 15 is 0 Å². The summed E-state index contributed by atoms with van der Waals surface area (Å²) in [5, 5.41) is 5.17. The van der Waals surface area contributed by atoms with E-state index in [2.05, 4.69) is 10.1 Å². The molecule has 0 amide bonds. The van der Waals surface area contributed by atoms with Crippen LogP contribution in [-0.4, -0.2) is 27.7 Å². The van der Waals surface area contributed by atoms with Crippen LogP contribution in [0.3, 0.4) is 0 Å². The Bertz CT molecular complexity index is 1090. The van der Waals surface area contributed by atoms with Crippen molar-refractivity contribution in [3.63, 3.8) is 0 Å². The molecule has 128 valence electrons. The number of carbonyl (C=O) groups excluding carboxylic acids is 1. The first kappa shape index (κ1) is 16.3. The fourth-order valence-electron chi connectivity index (χ4n) is 2.74. The third kappa shape index (κ3) is 2.93. The Morgan fingerprint density at radius 1 is 0.962 bits per heavy atom. The smallest absolute Gasteiger partial charge is 0.356 e. The number of carbonyl (C=O) groups is 1. The average Bonchev–Trinajstić information content (AvgIpc) is 3.12. The number of benzene rings is 2. The van der Waals surface area contributed by atoms with Crippen LogP contribution in [0.1, 0.15) is 10.5 Å². The van der Waals surface area contributed by atoms with Crippen LogP contribution in [-0.2, 0) is 4.74 Å². The maximum absolute atomic E-state index is 12.3. The Labute approximate surface area is 154 Å². The topological polar surface area (TPSA) is 56.5 Å². The summed E-state index contributed by atoms with van der Waals surface area (Å²) < 4.78 is 6.43. The van der Waals surface area contributed by atoms with Gasteiger partial charge in [-0.2, -0.15) is 5.10 Å². The molecule has 0 unspecified atom stereocenters. The van der Waals surface area contributed by atoms with E-state index < -0.39 is 5.97 Å². The van der Waals surface area contributed by atoms with Gasteiger partial charge in [-0.25, -0.2) is 14.3 Å². The molecule has 26 heavy (non-hydrogen) atoms. The summed E-state index contributed by atoms with van der Waals surface area (Å²) in [6.45, 7) is 0. The number of nitrogens with zero attached hydrogens (tertiary/aromatic N) is 3. The van der Waals surface area contributed by atoms with Crippen LogP contribution in [0, 0.1) is 0 Å². The highest BCUT2D eigenvalue weighted by atomic mass is 35.5. The van der Waals surface area contributed by atoms with E-state index in [9.17, 15) is 4.79 Å². The van der Waals surface area contributed by atoms with E-state index in [0.717, 1.165) is 16.8 Å². The zero-order valence-corrected chi connectivity index (χ0v) is 14.6. The van der Waals surface area contributed by atoms with E-state index in [1.54, 1.807) is 18.2 Å². The highest BCUT2D eigenvalue weighted by molar-refractivity contribution is 6.30. The first-order chi connectivity index (χ1) is 12.7. The Hall–Kier alpha value is -3.18. The normalized spacial score (nSPS) is 10.8. The number of aromatic nitrogens is 3. The fraction of sp³-hybridized carbons (Fsp3) is 0.0500. The Morgan fingerprint density at radius 2 is 1.65 bits per heavy atom. The van der Waals surface area contributed by atoms with E-state index in [4.69, 9.17) is 16.3 Å². The molecule has 4 aromatic rings. The van der Waals surface area contributed by atoms with Gasteiger partial charge in [0.05, 0.1) is 18.5 Å². The van der Waals surface area contributed by atoms with Crippen molar-refractivity contribution < 1.29 is 9.53 Å². The summed E-state index contributed by atoms with van der Waals surface area (Å²) in [6, 6.07) is 20.5. The number of esters is 1. The van der Waals surface area contributed by atoms with Crippen molar-refractivity contribution >= 4 is 23.2 Å². The zero-order chi connectivity index (χ0) is 18.1. The van der Waals surface area contributed by atoms with Gasteiger partial charge in [0, 0.05) is 22.2 Å². The molecule has 4 rings (SSSR count). The summed E-state index contributed by atoms with van der Waals surface area (Å²) in [4.78, 5) is 16.9. The molecule has 0 fully saturated rings. The van der Waals surface area contributed by atoms with Crippen LogP contribution in [0.15, 0.2) is 66.7 Å². The highest BCUT2D eigenvalue weighted by Gasteiger charge is 2.17. The lowest BCUT2D eigenvalue weighted by Gasteiger charge is -2.06. The van der Waals surface area contributed by atoms with Crippen LogP contribution >= 0.6 is 11.6 Å². The molecule has 0 saturated carbocycles. The number of halogens is 1. The van der Waals surface area contributed by atoms with Gasteiger partial charge in [0.25, 0.3) is 0 Å². The molecule has 6 heteroatoms. The van der Waals surface area contributed by atoms with Gasteiger partial charge in [0.15, 0.2) is 11.3 Å². The van der Waals surface area contributed by atoms with Gasteiger partial charge in [-0.05, 0) is 18.2 Å². The molecule has 0 radical (unpaired) electrons. The predicted octanol–water partition coefficient (Wildman–Crippen LogP) is 4.50. The fourth-order valence-corrected chi connectivity index (χ4v) is 2.87. The molecular weight excluding hydrogens is 350 g/mol. The van der Waals surface area contributed by atoms with Gasteiger partial charge in [0.2, 0.25) is 0 Å². The van der Waals surface area contributed by atoms with Crippen molar-refractivity contribution in [1.29, 1.82) is 0 Å². The summed E-state index contributed by atoms with van der Waals surface area (Å²) in [6.07, 6.45) is 0. The lowest BCUT2D eigenvalue weighted by molar-refractivity contribution is 0.0590. The molecule has 2 aromatic carbocycles. The second kappa shape index (κ2) is 6.61. The quantitative estimate of drug-likeness (QED) is 0.503. The minimum absolute atomic E-state index is 0.310. The van der Waals surface area contributed by atoms with E-state index in [1.165, 1.54) is 11.6 Å². The van der Waals surface area contributed by atoms with Crippen LogP contribution in [0.25, 0.3) is 28.2 Å². The second-order valence-corrected chi connectivity index (χ2v) is 6.13. The van der Waals surface area contributed by atoms with Gasteiger partial charge in [-0.3, -0.25) is 0 Å². The van der Waals surface area contributed by atoms with Crippen molar-refractivity contribution in [1.82, 2.24) is 14.6 Å². The Kier molecular flexibility index (Phi) is 4.14. The lowest BCUT2D eigenvalue weighted by Crippen LogP contribution is -2.10. The minimum Gasteiger partial charge on any atom is -0.464 e. The molecule has 0 bridgehead atoms. The maximum atomic E-state index is 12.3. The number of hydrogen-bond donors (Lipinski definition) is 0. The van der Waals surface area contributed by atoms with Crippen LogP contribution in [0.4, 0.5) is 0 Å². The third-order valence-electron chi connectivity index (χ3n) is 4.03. The average molecular weight is 364 g/mol. The summed E-state index contributed by atoms with van der Waals surface area (Å²) in [5.41, 5.74) is 4.05. The van der Waals surface area contributed by atoms with Gasteiger partial charge in [-0.1, -0.05) is 54.1 Å². The number of ether oxygens (including phenoxy) is 1. The van der Waals surface area contributed by atoms with Gasteiger partial charge < -0.3 is 4.74 Å². The van der Waals surface area contributed by atoms with Gasteiger partial charge in [-0.15, -0.1) is 0 Å². The molecule has 0 saturated heterocycles. The molecule has 0 aliphatic rings. The molecule has 0 N–H and O–H groups in total. The van der Waals surface area contributed by atoms with E-state index in [-0.39, 0.29) is 0 Å². The number of rotatable bonds is 3. The number of hydrogen-bond acceptors (Lipinski definition) is 4. The molecule has 2 aromatic heterocycles. The molecule has 0 aliphatic carbocycles. The van der Waals surface area contributed by atoms with Crippen LogP contribution < -0.4 is 0 Å². The molecular formula is C20H14ClN3O2. The van der Waals surface area contributed by atoms with E-state index in [1.807, 2.05) is 48.5 Å². The molecule has 0 atom stereocenters. The molecule has 2 heterocycles. The van der Waals surface area contributed by atoms with Crippen LogP contribution in [0.2, 0.25) is 5.02 Å². The molecule has 0 spiro atoms. The van der Waals surface area contributed by atoms with Crippen LogP contribution in [0.5, 0.6) is 0 Å². The highest BCUT2D eigenvalue weighted by Crippen LogP contribution is 2.25. The predicted molar refractivity (Wildman–Crippen MR) is 100 cm³/mol. The van der Waals surface area contributed by atoms with Crippen molar-refractivity contribution in [2.24, 2.45) is 0 Å². The van der Waals surface area contributed by atoms with Gasteiger partial charge in [0.1, 0.15) is 0 Å². The number of fused-ring (bicyclic) bond motifs is 1. The molecule has 0 aliphatic heterocycles. The molecule has 5 nitrogen and oxygen atoms in total. The summed E-state index contributed by atoms with van der Waals surface area (Å²) in [5.74, 6) is -0.477. The first-order valence-electron chi connectivity index (χ1n) is 7.96. The third-order valence-corrected chi connectivity index (χ3v) is 4.28. The lowest BCUT2D eigenvalue weighted by atomic mass is 10.1. The summed E-state index contributed by atoms with van der Waals surface area (Å²) in [7, 11) is 1.35. The van der Waals surface area contributed by atoms with Crippen molar-refractivity contribution in [3.8, 4) is 22.5 Å². The van der Waals surface area contributed by atoms with Gasteiger partial charge >= 0.3 is 5.97 Å². The first-order valence-corrected chi connectivity index (χ1v) is 8.34. The summed E-state index contributed by atoms with van der Waals surface area (Å²) >= 11 is 5.96. The minimum atomic E-state index is -0.477. The van der Waals surface area contributed by atoms with E-state index in [0.29, 0.717) is 22.1 Å². The Morgan fingerprint density at radius 3 is 2.35 bits per heavy atom. The Balaban J connectivity index is 1.93. The SMILES string of the molecule is COC(=O)c1cc(-c2ccc(Cl)cc2)nc2cc(-c3ccccc3)nn12. The largest absolute Gasteiger partial charge is 0.464 e.